The molecule has 0 atom stereocenters. The zero-order valence-electron chi connectivity index (χ0n) is 8.73. The van der Waals surface area contributed by atoms with Gasteiger partial charge < -0.3 is 0 Å². The number of aryl methyl sites for hydroxylation is 1. The third kappa shape index (κ3) is 3.29. The van der Waals surface area contributed by atoms with Crippen LogP contribution in [0.2, 0.25) is 0 Å². The van der Waals surface area contributed by atoms with E-state index < -0.39 is 19.8 Å². The normalized spacial score (nSPS) is 13.1. The molecule has 1 rings (SSSR count). The molecule has 98 valence electrons. The van der Waals surface area contributed by atoms with Crippen LogP contribution < -0.4 is 0 Å². The minimum Gasteiger partial charge on any atom is -0.219 e. The maximum absolute atomic E-state index is 13.9. The van der Waals surface area contributed by atoms with Crippen LogP contribution in [0.4, 0.5) is 4.39 Å². The van der Waals surface area contributed by atoms with E-state index in [4.69, 9.17) is 58.0 Å². The molecule has 1 aromatic heterocycles. The number of unbranched alkanes of at least 4 members (excludes halogenated alkanes) is 1. The number of rotatable bonds is 4. The zero-order chi connectivity index (χ0) is 13.3. The molecule has 0 radical (unpaired) electrons. The highest BCUT2D eigenvalue weighted by molar-refractivity contribution is 6.75. The predicted octanol–water partition coefficient (Wildman–Crippen LogP) is 4.22. The Morgan fingerprint density at radius 3 is 2.29 bits per heavy atom. The van der Waals surface area contributed by atoms with Crippen molar-refractivity contribution in [2.24, 2.45) is 0 Å². The number of hydrogen-bond donors (Lipinski definition) is 0. The van der Waals surface area contributed by atoms with Crippen LogP contribution in [-0.2, 0) is 10.9 Å². The van der Waals surface area contributed by atoms with Gasteiger partial charge in [0.15, 0.2) is 5.69 Å². The summed E-state index contributed by atoms with van der Waals surface area (Å²) in [5.74, 6) is -0.797. The van der Waals surface area contributed by atoms with Crippen molar-refractivity contribution in [2.45, 2.75) is 34.4 Å². The van der Waals surface area contributed by atoms with Crippen LogP contribution in [0.3, 0.4) is 0 Å². The molecular formula is C8H9Cl5FN3. The molecule has 0 amide bonds. The van der Waals surface area contributed by atoms with Gasteiger partial charge in [0.05, 0.1) is 0 Å². The second-order valence-corrected chi connectivity index (χ2v) is 6.99. The van der Waals surface area contributed by atoms with E-state index in [9.17, 15) is 4.39 Å². The monoisotopic (exact) mass is 341 g/mol. The molecule has 0 aliphatic heterocycles. The van der Waals surface area contributed by atoms with Gasteiger partial charge in [-0.1, -0.05) is 76.6 Å². The molecule has 3 nitrogen and oxygen atoms in total. The first-order chi connectivity index (χ1) is 7.71. The summed E-state index contributed by atoms with van der Waals surface area (Å²) in [5, 5.41) is 7.11. The topological polar surface area (TPSA) is 30.7 Å². The van der Waals surface area contributed by atoms with Crippen molar-refractivity contribution in [3.8, 4) is 0 Å². The van der Waals surface area contributed by atoms with Gasteiger partial charge in [-0.25, -0.2) is 4.68 Å². The van der Waals surface area contributed by atoms with Crippen LogP contribution in [0, 0.1) is 5.95 Å². The second-order valence-electron chi connectivity index (χ2n) is 3.38. The molecule has 0 aliphatic rings. The van der Waals surface area contributed by atoms with E-state index in [1.54, 1.807) is 0 Å². The number of alkyl halides is 5. The minimum atomic E-state index is -2.11. The molecule has 0 fully saturated rings. The summed E-state index contributed by atoms with van der Waals surface area (Å²) in [6, 6.07) is 0. The highest BCUT2D eigenvalue weighted by atomic mass is 35.6. The smallest absolute Gasteiger partial charge is 0.219 e. The predicted molar refractivity (Wildman–Crippen MR) is 68.6 cm³/mol. The van der Waals surface area contributed by atoms with Crippen molar-refractivity contribution in [1.29, 1.82) is 0 Å². The fourth-order valence-corrected chi connectivity index (χ4v) is 1.58. The lowest BCUT2D eigenvalue weighted by Gasteiger charge is -2.24. The lowest BCUT2D eigenvalue weighted by Crippen LogP contribution is -2.30. The van der Waals surface area contributed by atoms with Crippen LogP contribution in [0.5, 0.6) is 0 Å². The Morgan fingerprint density at radius 2 is 1.82 bits per heavy atom. The van der Waals surface area contributed by atoms with E-state index in [-0.39, 0.29) is 0 Å². The van der Waals surface area contributed by atoms with Gasteiger partial charge in [-0.3, -0.25) is 0 Å². The molecule has 0 unspecified atom stereocenters. The van der Waals surface area contributed by atoms with Gasteiger partial charge >= 0.3 is 0 Å². The molecule has 0 aliphatic carbocycles. The number of halogens is 6. The van der Waals surface area contributed by atoms with E-state index in [2.05, 4.69) is 10.3 Å². The Morgan fingerprint density at radius 1 is 1.24 bits per heavy atom. The highest BCUT2D eigenvalue weighted by Gasteiger charge is 2.51. The van der Waals surface area contributed by atoms with Crippen LogP contribution >= 0.6 is 58.0 Å². The number of nitrogens with zero attached hydrogens (tertiary/aromatic N) is 3. The number of hydrogen-bond acceptors (Lipinski definition) is 2. The Hall–Kier alpha value is 0.520. The van der Waals surface area contributed by atoms with Crippen LogP contribution in [-0.4, -0.2) is 18.8 Å². The lowest BCUT2D eigenvalue weighted by molar-refractivity contribution is 0.434. The van der Waals surface area contributed by atoms with E-state index in [0.717, 1.165) is 17.5 Å². The Kier molecular flexibility index (Phi) is 5.18. The second kappa shape index (κ2) is 5.66. The van der Waals surface area contributed by atoms with Crippen molar-refractivity contribution in [3.63, 3.8) is 0 Å². The largest absolute Gasteiger partial charge is 0.238 e. The van der Waals surface area contributed by atoms with Gasteiger partial charge in [0.1, 0.15) is 0 Å². The van der Waals surface area contributed by atoms with Crippen molar-refractivity contribution in [1.82, 2.24) is 15.0 Å². The summed E-state index contributed by atoms with van der Waals surface area (Å²) < 4.78 is 10.7. The first-order valence-corrected chi connectivity index (χ1v) is 6.64. The van der Waals surface area contributed by atoms with E-state index in [1.807, 2.05) is 6.92 Å². The van der Waals surface area contributed by atoms with Crippen LogP contribution in [0.25, 0.3) is 0 Å². The quantitative estimate of drug-likeness (QED) is 0.767. The van der Waals surface area contributed by atoms with Gasteiger partial charge in [0, 0.05) is 6.54 Å². The molecule has 0 saturated heterocycles. The van der Waals surface area contributed by atoms with Gasteiger partial charge in [0.2, 0.25) is 14.1 Å². The molecule has 0 aromatic carbocycles. The molecule has 0 bridgehead atoms. The molecule has 9 heteroatoms. The molecular weight excluding hydrogens is 334 g/mol. The van der Waals surface area contributed by atoms with Crippen molar-refractivity contribution >= 4 is 58.0 Å². The summed E-state index contributed by atoms with van der Waals surface area (Å²) >= 11 is 28.3. The van der Waals surface area contributed by atoms with E-state index >= 15 is 0 Å². The van der Waals surface area contributed by atoms with Gasteiger partial charge in [-0.05, 0) is 6.42 Å². The summed E-state index contributed by atoms with van der Waals surface area (Å²) in [6.45, 7) is 2.32. The zero-order valence-corrected chi connectivity index (χ0v) is 12.5. The SMILES string of the molecule is CCCCn1nnc(C(Cl)(Cl)C(Cl)(Cl)Cl)c1F. The maximum Gasteiger partial charge on any atom is 0.238 e. The fourth-order valence-electron chi connectivity index (χ4n) is 1.08. The van der Waals surface area contributed by atoms with E-state index in [1.165, 1.54) is 0 Å². The van der Waals surface area contributed by atoms with Crippen LogP contribution in [0.15, 0.2) is 0 Å². The number of aromatic nitrogens is 3. The van der Waals surface area contributed by atoms with Gasteiger partial charge in [-0.15, -0.1) is 5.10 Å². The summed E-state index contributed by atoms with van der Waals surface area (Å²) in [7, 11) is 0. The molecule has 0 N–H and O–H groups in total. The Labute approximate surface area is 123 Å². The highest BCUT2D eigenvalue weighted by Crippen LogP contribution is 2.52. The minimum absolute atomic E-state index is 0.360. The summed E-state index contributed by atoms with van der Waals surface area (Å²) in [5.41, 5.74) is -0.392. The average Bonchev–Trinajstić information content (AvgIpc) is 2.55. The molecule has 0 spiro atoms. The summed E-state index contributed by atoms with van der Waals surface area (Å²) in [6.07, 6.45) is 1.62. The standard InChI is InChI=1S/C8H9Cl5FN3/c1-2-3-4-17-6(14)5(15-16-17)7(9,10)8(11,12)13/h2-4H2,1H3. The third-order valence-corrected chi connectivity index (χ3v) is 4.41. The van der Waals surface area contributed by atoms with Gasteiger partial charge in [-0.2, -0.15) is 4.39 Å². The molecule has 1 heterocycles. The van der Waals surface area contributed by atoms with Crippen molar-refractivity contribution < 1.29 is 4.39 Å². The van der Waals surface area contributed by atoms with Crippen molar-refractivity contribution in [2.75, 3.05) is 0 Å². The fraction of sp³-hybridized carbons (Fsp3) is 0.750. The molecule has 0 saturated carbocycles. The average molecular weight is 343 g/mol. The first-order valence-electron chi connectivity index (χ1n) is 4.75. The van der Waals surface area contributed by atoms with Gasteiger partial charge in [0.25, 0.3) is 0 Å². The Bertz CT molecular complexity index is 387. The summed E-state index contributed by atoms with van der Waals surface area (Å²) in [4.78, 5) is 0. The first kappa shape index (κ1) is 15.6. The van der Waals surface area contributed by atoms with Crippen LogP contribution in [0.1, 0.15) is 25.5 Å². The van der Waals surface area contributed by atoms with E-state index in [0.29, 0.717) is 6.54 Å². The maximum atomic E-state index is 13.9. The van der Waals surface area contributed by atoms with Crippen molar-refractivity contribution in [3.05, 3.63) is 11.6 Å². The lowest BCUT2D eigenvalue weighted by atomic mass is 10.3. The molecule has 17 heavy (non-hydrogen) atoms. The third-order valence-electron chi connectivity index (χ3n) is 2.05. The molecule has 1 aromatic rings. The Balaban J connectivity index is 3.04.